The van der Waals surface area contributed by atoms with Gasteiger partial charge in [0.2, 0.25) is 5.91 Å². The van der Waals surface area contributed by atoms with E-state index < -0.39 is 11.9 Å². The van der Waals surface area contributed by atoms with Crippen molar-refractivity contribution in [2.45, 2.75) is 13.5 Å². The maximum atomic E-state index is 11.2. The Hall–Kier alpha value is -1.83. The summed E-state index contributed by atoms with van der Waals surface area (Å²) in [6.45, 7) is 1.59. The number of carbonyl (C=O) groups is 2. The van der Waals surface area contributed by atoms with Gasteiger partial charge in [-0.15, -0.1) is 0 Å². The molecule has 2 N–H and O–H groups in total. The number of amides is 1. The summed E-state index contributed by atoms with van der Waals surface area (Å²) in [6.07, 6.45) is 1.36. The summed E-state index contributed by atoms with van der Waals surface area (Å²) in [4.78, 5) is 22.3. The fourth-order valence-corrected chi connectivity index (χ4v) is 3.62. The zero-order valence-electron chi connectivity index (χ0n) is 13.6. The predicted octanol–water partition coefficient (Wildman–Crippen LogP) is 5.01. The van der Waals surface area contributed by atoms with E-state index >= 15 is 0 Å². The lowest BCUT2D eigenvalue weighted by atomic mass is 10.2. The van der Waals surface area contributed by atoms with Crippen molar-refractivity contribution in [3.8, 4) is 5.75 Å². The molecule has 0 aliphatic rings. The molecule has 0 atom stereocenters. The lowest BCUT2D eigenvalue weighted by Gasteiger charge is -2.12. The van der Waals surface area contributed by atoms with Gasteiger partial charge < -0.3 is 15.2 Å². The van der Waals surface area contributed by atoms with E-state index in [1.807, 2.05) is 12.1 Å². The average molecular weight is 504 g/mol. The minimum absolute atomic E-state index is 0.217. The van der Waals surface area contributed by atoms with Crippen LogP contribution >= 0.6 is 43.5 Å². The van der Waals surface area contributed by atoms with Gasteiger partial charge in [-0.1, -0.05) is 23.7 Å². The molecule has 0 aliphatic carbocycles. The summed E-state index contributed by atoms with van der Waals surface area (Å²) in [5.74, 6) is -1.11. The normalized spacial score (nSPS) is 11.2. The standard InChI is InChI=1S/C18H14Br2ClNO4/c1-10(23)22-16(18(24)25)8-12-6-14(19)17(15(20)7-12)26-9-11-2-4-13(21)5-3-11/h2-8H,9H2,1H3,(H,22,23)(H,24,25)/b16-8+. The van der Waals surface area contributed by atoms with Gasteiger partial charge in [0.05, 0.1) is 8.95 Å². The van der Waals surface area contributed by atoms with Crippen molar-refractivity contribution in [1.29, 1.82) is 0 Å². The zero-order chi connectivity index (χ0) is 19.3. The molecule has 0 spiro atoms. The molecule has 0 aromatic heterocycles. The van der Waals surface area contributed by atoms with Gasteiger partial charge in [-0.05, 0) is 73.3 Å². The first kappa shape index (κ1) is 20.5. The Balaban J connectivity index is 2.22. The second-order valence-corrected chi connectivity index (χ2v) is 7.42. The quantitative estimate of drug-likeness (QED) is 0.544. The van der Waals surface area contributed by atoms with Crippen LogP contribution in [0, 0.1) is 0 Å². The summed E-state index contributed by atoms with van der Waals surface area (Å²) in [5.41, 5.74) is 1.32. The molecule has 0 saturated carbocycles. The topological polar surface area (TPSA) is 75.6 Å². The highest BCUT2D eigenvalue weighted by Crippen LogP contribution is 2.36. The van der Waals surface area contributed by atoms with Crippen LogP contribution in [-0.2, 0) is 16.2 Å². The Kier molecular flexibility index (Phi) is 7.25. The SMILES string of the molecule is CC(=O)N/C(=C/c1cc(Br)c(OCc2ccc(Cl)cc2)c(Br)c1)C(=O)O. The highest BCUT2D eigenvalue weighted by molar-refractivity contribution is 9.11. The Morgan fingerprint density at radius 1 is 1.19 bits per heavy atom. The predicted molar refractivity (Wildman–Crippen MR) is 107 cm³/mol. The van der Waals surface area contributed by atoms with E-state index in [0.717, 1.165) is 5.56 Å². The Labute approximate surface area is 172 Å². The van der Waals surface area contributed by atoms with Crippen molar-refractivity contribution in [2.75, 3.05) is 0 Å². The lowest BCUT2D eigenvalue weighted by Crippen LogP contribution is -2.24. The van der Waals surface area contributed by atoms with Crippen LogP contribution in [-0.4, -0.2) is 17.0 Å². The molecule has 0 fully saturated rings. The molecule has 0 heterocycles. The van der Waals surface area contributed by atoms with Crippen LogP contribution in [0.1, 0.15) is 18.1 Å². The second kappa shape index (κ2) is 9.21. The summed E-state index contributed by atoms with van der Waals surface area (Å²) in [7, 11) is 0. The van der Waals surface area contributed by atoms with E-state index in [9.17, 15) is 9.59 Å². The van der Waals surface area contributed by atoms with Crippen molar-refractivity contribution < 1.29 is 19.4 Å². The number of hydrogen-bond donors (Lipinski definition) is 2. The Morgan fingerprint density at radius 2 is 1.77 bits per heavy atom. The molecule has 0 saturated heterocycles. The molecule has 2 aromatic carbocycles. The first-order valence-corrected chi connectivity index (χ1v) is 9.31. The van der Waals surface area contributed by atoms with Crippen LogP contribution in [0.4, 0.5) is 0 Å². The monoisotopic (exact) mass is 501 g/mol. The Morgan fingerprint density at radius 3 is 2.27 bits per heavy atom. The van der Waals surface area contributed by atoms with Gasteiger partial charge in [-0.25, -0.2) is 4.79 Å². The summed E-state index contributed by atoms with van der Waals surface area (Å²) < 4.78 is 7.10. The number of hydrogen-bond acceptors (Lipinski definition) is 3. The van der Waals surface area contributed by atoms with Crippen LogP contribution in [0.15, 0.2) is 51.0 Å². The third-order valence-corrected chi connectivity index (χ3v) is 4.60. The number of ether oxygens (including phenoxy) is 1. The van der Waals surface area contributed by atoms with Gasteiger partial charge in [-0.2, -0.15) is 0 Å². The molecular weight excluding hydrogens is 489 g/mol. The number of nitrogens with one attached hydrogen (secondary N) is 1. The molecule has 0 bridgehead atoms. The second-order valence-electron chi connectivity index (χ2n) is 5.27. The smallest absolute Gasteiger partial charge is 0.352 e. The van der Waals surface area contributed by atoms with Crippen LogP contribution in [0.3, 0.4) is 0 Å². The molecule has 0 aliphatic heterocycles. The van der Waals surface area contributed by atoms with Gasteiger partial charge in [0, 0.05) is 11.9 Å². The van der Waals surface area contributed by atoms with Crippen molar-refractivity contribution in [2.24, 2.45) is 0 Å². The number of carbonyl (C=O) groups excluding carboxylic acids is 1. The fourth-order valence-electron chi connectivity index (χ4n) is 2.04. The van der Waals surface area contributed by atoms with Crippen LogP contribution in [0.2, 0.25) is 5.02 Å². The third kappa shape index (κ3) is 5.86. The number of carboxylic acid groups (broad SMARTS) is 1. The maximum Gasteiger partial charge on any atom is 0.352 e. The maximum absolute atomic E-state index is 11.2. The minimum Gasteiger partial charge on any atom is -0.487 e. The molecule has 26 heavy (non-hydrogen) atoms. The van der Waals surface area contributed by atoms with E-state index in [2.05, 4.69) is 37.2 Å². The Bertz CT molecular complexity index is 843. The third-order valence-electron chi connectivity index (χ3n) is 3.17. The first-order valence-electron chi connectivity index (χ1n) is 7.35. The van der Waals surface area contributed by atoms with E-state index in [0.29, 0.717) is 31.9 Å². The van der Waals surface area contributed by atoms with Crippen LogP contribution < -0.4 is 10.1 Å². The highest BCUT2D eigenvalue weighted by atomic mass is 79.9. The first-order chi connectivity index (χ1) is 12.3. The molecule has 0 unspecified atom stereocenters. The van der Waals surface area contributed by atoms with Crippen molar-refractivity contribution in [1.82, 2.24) is 5.32 Å². The molecule has 136 valence electrons. The van der Waals surface area contributed by atoms with E-state index in [1.54, 1.807) is 24.3 Å². The molecule has 8 heteroatoms. The molecule has 1 amide bonds. The van der Waals surface area contributed by atoms with E-state index in [1.165, 1.54) is 13.0 Å². The molecule has 5 nitrogen and oxygen atoms in total. The van der Waals surface area contributed by atoms with Crippen LogP contribution in [0.25, 0.3) is 6.08 Å². The van der Waals surface area contributed by atoms with Gasteiger partial charge in [0.15, 0.2) is 0 Å². The van der Waals surface area contributed by atoms with Crippen molar-refractivity contribution >= 4 is 61.4 Å². The fraction of sp³-hybridized carbons (Fsp3) is 0.111. The van der Waals surface area contributed by atoms with Gasteiger partial charge in [0.25, 0.3) is 0 Å². The largest absolute Gasteiger partial charge is 0.487 e. The molecule has 2 rings (SSSR count). The van der Waals surface area contributed by atoms with Crippen molar-refractivity contribution in [3.05, 3.63) is 67.2 Å². The highest BCUT2D eigenvalue weighted by Gasteiger charge is 2.12. The number of halogens is 3. The van der Waals surface area contributed by atoms with Gasteiger partial charge in [0.1, 0.15) is 18.1 Å². The number of benzene rings is 2. The van der Waals surface area contributed by atoms with Gasteiger partial charge >= 0.3 is 5.97 Å². The molecular formula is C18H14Br2ClNO4. The van der Waals surface area contributed by atoms with E-state index in [-0.39, 0.29) is 5.70 Å². The van der Waals surface area contributed by atoms with E-state index in [4.69, 9.17) is 21.4 Å². The average Bonchev–Trinajstić information content (AvgIpc) is 2.54. The molecule has 0 radical (unpaired) electrons. The van der Waals surface area contributed by atoms with Crippen molar-refractivity contribution in [3.63, 3.8) is 0 Å². The summed E-state index contributed by atoms with van der Waals surface area (Å²) in [6, 6.07) is 10.7. The summed E-state index contributed by atoms with van der Waals surface area (Å²) in [5, 5.41) is 12.1. The summed E-state index contributed by atoms with van der Waals surface area (Å²) >= 11 is 12.7. The lowest BCUT2D eigenvalue weighted by molar-refractivity contribution is -0.134. The van der Waals surface area contributed by atoms with Crippen LogP contribution in [0.5, 0.6) is 5.75 Å². The number of aliphatic carboxylic acids is 1. The number of rotatable bonds is 6. The zero-order valence-corrected chi connectivity index (χ0v) is 17.5. The van der Waals surface area contributed by atoms with Gasteiger partial charge in [-0.3, -0.25) is 4.79 Å². The molecule has 2 aromatic rings. The minimum atomic E-state index is -1.23. The number of carboxylic acids is 1.